The highest BCUT2D eigenvalue weighted by Crippen LogP contribution is 2.24. The molecule has 6 nitrogen and oxygen atoms in total. The van der Waals surface area contributed by atoms with Crippen LogP contribution in [0.2, 0.25) is 0 Å². The molecule has 1 N–H and O–H groups in total. The number of hydrogen-bond donors (Lipinski definition) is 1. The molecule has 0 unspecified atom stereocenters. The maximum absolute atomic E-state index is 5.33. The number of hydrogen-bond acceptors (Lipinski definition) is 6. The summed E-state index contributed by atoms with van der Waals surface area (Å²) < 4.78 is 10.4. The Morgan fingerprint density at radius 3 is 3.00 bits per heavy atom. The number of pyridine rings is 1. The Morgan fingerprint density at radius 1 is 1.37 bits per heavy atom. The summed E-state index contributed by atoms with van der Waals surface area (Å²) in [5.74, 6) is 1.80. The van der Waals surface area contributed by atoms with Gasteiger partial charge in [-0.15, -0.1) is 0 Å². The minimum Gasteiger partial charge on any atom is -0.481 e. The molecule has 2 aromatic heterocycles. The predicted octanol–water partition coefficient (Wildman–Crippen LogP) is 1.95. The number of ether oxygens (including phenoxy) is 1. The van der Waals surface area contributed by atoms with Crippen LogP contribution in [0.15, 0.2) is 22.9 Å². The standard InChI is InChI=1S/C13H16N4O2/c1-18-11-6-5-9(8-15-11)12-16-13(19-17-12)10-4-2-3-7-14-10/h5-6,8,10,14H,2-4,7H2,1H3/t10-/m0/s1. The topological polar surface area (TPSA) is 73.1 Å². The van der Waals surface area contributed by atoms with Gasteiger partial charge in [-0.2, -0.15) is 4.98 Å². The summed E-state index contributed by atoms with van der Waals surface area (Å²) >= 11 is 0. The zero-order valence-corrected chi connectivity index (χ0v) is 10.8. The quantitative estimate of drug-likeness (QED) is 0.909. The summed E-state index contributed by atoms with van der Waals surface area (Å²) in [5.41, 5.74) is 0.826. The summed E-state index contributed by atoms with van der Waals surface area (Å²) in [7, 11) is 1.59. The van der Waals surface area contributed by atoms with E-state index in [2.05, 4.69) is 20.4 Å². The Labute approximate surface area is 111 Å². The van der Waals surface area contributed by atoms with Crippen molar-refractivity contribution in [3.8, 4) is 17.3 Å². The van der Waals surface area contributed by atoms with Gasteiger partial charge in [0.1, 0.15) is 0 Å². The van der Waals surface area contributed by atoms with Crippen LogP contribution in [0.4, 0.5) is 0 Å². The van der Waals surface area contributed by atoms with Crippen molar-refractivity contribution in [2.75, 3.05) is 13.7 Å². The van der Waals surface area contributed by atoms with Crippen molar-refractivity contribution in [1.82, 2.24) is 20.4 Å². The fraction of sp³-hybridized carbons (Fsp3) is 0.462. The third-order valence-electron chi connectivity index (χ3n) is 3.25. The van der Waals surface area contributed by atoms with E-state index in [0.29, 0.717) is 17.6 Å². The minimum absolute atomic E-state index is 0.182. The molecule has 0 saturated carbocycles. The first kappa shape index (κ1) is 12.1. The third-order valence-corrected chi connectivity index (χ3v) is 3.25. The fourth-order valence-corrected chi connectivity index (χ4v) is 2.19. The first-order valence-corrected chi connectivity index (χ1v) is 6.44. The van der Waals surface area contributed by atoms with Crippen LogP contribution in [-0.4, -0.2) is 28.8 Å². The molecule has 100 valence electrons. The molecule has 3 heterocycles. The van der Waals surface area contributed by atoms with Crippen LogP contribution in [-0.2, 0) is 0 Å². The average molecular weight is 260 g/mol. The van der Waals surface area contributed by atoms with E-state index in [1.54, 1.807) is 19.4 Å². The lowest BCUT2D eigenvalue weighted by atomic mass is 10.1. The van der Waals surface area contributed by atoms with E-state index in [1.165, 1.54) is 12.8 Å². The van der Waals surface area contributed by atoms with Gasteiger partial charge in [-0.25, -0.2) is 4.98 Å². The van der Waals surface area contributed by atoms with Crippen LogP contribution in [0.25, 0.3) is 11.4 Å². The number of piperidine rings is 1. The van der Waals surface area contributed by atoms with Crippen molar-refractivity contribution in [2.45, 2.75) is 25.3 Å². The molecule has 0 bridgehead atoms. The van der Waals surface area contributed by atoms with Gasteiger partial charge in [0.2, 0.25) is 17.6 Å². The van der Waals surface area contributed by atoms with E-state index in [1.807, 2.05) is 6.07 Å². The smallest absolute Gasteiger partial charge is 0.244 e. The largest absolute Gasteiger partial charge is 0.481 e. The van der Waals surface area contributed by atoms with E-state index in [-0.39, 0.29) is 6.04 Å². The fourth-order valence-electron chi connectivity index (χ4n) is 2.19. The molecule has 1 saturated heterocycles. The highest BCUT2D eigenvalue weighted by molar-refractivity contribution is 5.53. The van der Waals surface area contributed by atoms with Crippen molar-refractivity contribution in [1.29, 1.82) is 0 Å². The second-order valence-electron chi connectivity index (χ2n) is 4.55. The first-order valence-electron chi connectivity index (χ1n) is 6.44. The lowest BCUT2D eigenvalue weighted by Crippen LogP contribution is -2.26. The maximum atomic E-state index is 5.33. The molecule has 0 radical (unpaired) electrons. The zero-order chi connectivity index (χ0) is 13.1. The van der Waals surface area contributed by atoms with Crippen molar-refractivity contribution in [2.24, 2.45) is 0 Å². The summed E-state index contributed by atoms with van der Waals surface area (Å²) in [6.07, 6.45) is 5.13. The summed E-state index contributed by atoms with van der Waals surface area (Å²) in [4.78, 5) is 8.57. The number of rotatable bonds is 3. The normalized spacial score (nSPS) is 19.3. The van der Waals surface area contributed by atoms with E-state index in [9.17, 15) is 0 Å². The van der Waals surface area contributed by atoms with Gasteiger partial charge in [-0.05, 0) is 25.5 Å². The second-order valence-corrected chi connectivity index (χ2v) is 4.55. The van der Waals surface area contributed by atoms with Crippen molar-refractivity contribution in [3.63, 3.8) is 0 Å². The molecule has 0 aliphatic carbocycles. The highest BCUT2D eigenvalue weighted by atomic mass is 16.5. The van der Waals surface area contributed by atoms with Gasteiger partial charge in [0.25, 0.3) is 0 Å². The molecule has 1 fully saturated rings. The lowest BCUT2D eigenvalue weighted by Gasteiger charge is -2.19. The van der Waals surface area contributed by atoms with Crippen molar-refractivity contribution < 1.29 is 9.26 Å². The monoisotopic (exact) mass is 260 g/mol. The molecule has 1 aliphatic rings. The number of nitrogens with zero attached hydrogens (tertiary/aromatic N) is 3. The Morgan fingerprint density at radius 2 is 2.32 bits per heavy atom. The van der Waals surface area contributed by atoms with Gasteiger partial charge in [-0.1, -0.05) is 11.6 Å². The molecule has 6 heteroatoms. The second kappa shape index (κ2) is 5.36. The third kappa shape index (κ3) is 2.58. The number of aromatic nitrogens is 3. The first-order chi connectivity index (χ1) is 9.36. The van der Waals surface area contributed by atoms with Crippen LogP contribution in [0.5, 0.6) is 5.88 Å². The molecule has 1 atom stereocenters. The van der Waals surface area contributed by atoms with E-state index < -0.39 is 0 Å². The Kier molecular flexibility index (Phi) is 3.41. The summed E-state index contributed by atoms with van der Waals surface area (Å²) in [5, 5.41) is 7.40. The SMILES string of the molecule is COc1ccc(-c2noc([C@@H]3CCCCN3)n2)cn1. The molecule has 0 amide bonds. The zero-order valence-electron chi connectivity index (χ0n) is 10.8. The van der Waals surface area contributed by atoms with Gasteiger partial charge in [0.05, 0.1) is 13.2 Å². The van der Waals surface area contributed by atoms with Crippen LogP contribution in [0.1, 0.15) is 31.2 Å². The Hall–Kier alpha value is -1.95. The van der Waals surface area contributed by atoms with Crippen molar-refractivity contribution >= 4 is 0 Å². The molecular weight excluding hydrogens is 244 g/mol. The molecule has 0 aromatic carbocycles. The summed E-state index contributed by atoms with van der Waals surface area (Å²) in [6.45, 7) is 1.01. The minimum atomic E-state index is 0.182. The van der Waals surface area contributed by atoms with Crippen molar-refractivity contribution in [3.05, 3.63) is 24.2 Å². The van der Waals surface area contributed by atoms with Gasteiger partial charge in [-0.3, -0.25) is 0 Å². The van der Waals surface area contributed by atoms with Gasteiger partial charge in [0, 0.05) is 17.8 Å². The molecule has 2 aromatic rings. The van der Waals surface area contributed by atoms with Crippen LogP contribution >= 0.6 is 0 Å². The molecule has 3 rings (SSSR count). The van der Waals surface area contributed by atoms with E-state index in [0.717, 1.165) is 18.5 Å². The average Bonchev–Trinajstić information content (AvgIpc) is 2.98. The number of nitrogens with one attached hydrogen (secondary N) is 1. The number of methoxy groups -OCH3 is 1. The van der Waals surface area contributed by atoms with Gasteiger partial charge < -0.3 is 14.6 Å². The van der Waals surface area contributed by atoms with E-state index in [4.69, 9.17) is 9.26 Å². The van der Waals surface area contributed by atoms with Gasteiger partial charge >= 0.3 is 0 Å². The highest BCUT2D eigenvalue weighted by Gasteiger charge is 2.21. The molecule has 19 heavy (non-hydrogen) atoms. The Balaban J connectivity index is 1.79. The molecule has 1 aliphatic heterocycles. The maximum Gasteiger partial charge on any atom is 0.244 e. The predicted molar refractivity (Wildman–Crippen MR) is 68.7 cm³/mol. The van der Waals surface area contributed by atoms with Gasteiger partial charge in [0.15, 0.2) is 0 Å². The van der Waals surface area contributed by atoms with Crippen LogP contribution in [0, 0.1) is 0 Å². The summed E-state index contributed by atoms with van der Waals surface area (Å²) in [6, 6.07) is 3.83. The Bertz CT molecular complexity index is 532. The molecular formula is C13H16N4O2. The van der Waals surface area contributed by atoms with Crippen LogP contribution in [0.3, 0.4) is 0 Å². The van der Waals surface area contributed by atoms with E-state index >= 15 is 0 Å². The lowest BCUT2D eigenvalue weighted by molar-refractivity contribution is 0.297. The molecule has 0 spiro atoms. The van der Waals surface area contributed by atoms with Crippen LogP contribution < -0.4 is 10.1 Å².